The lowest BCUT2D eigenvalue weighted by molar-refractivity contribution is -0.145. The van der Waals surface area contributed by atoms with E-state index in [1.165, 1.54) is 18.2 Å². The zero-order chi connectivity index (χ0) is 14.5. The van der Waals surface area contributed by atoms with E-state index in [0.717, 1.165) is 6.42 Å². The first-order chi connectivity index (χ1) is 9.67. The Labute approximate surface area is 120 Å². The number of hydrogen-bond acceptors (Lipinski definition) is 4. The average molecular weight is 277 g/mol. The molecule has 3 unspecified atom stereocenters. The van der Waals surface area contributed by atoms with E-state index < -0.39 is 0 Å². The summed E-state index contributed by atoms with van der Waals surface area (Å²) in [7, 11) is 1.44. The Hall–Kier alpha value is -1.39. The third-order valence-corrected chi connectivity index (χ3v) is 4.02. The Morgan fingerprint density at radius 1 is 1.50 bits per heavy atom. The van der Waals surface area contributed by atoms with Crippen molar-refractivity contribution in [1.29, 1.82) is 0 Å². The fraction of sp³-hybridized carbons (Fsp3) is 0.562. The van der Waals surface area contributed by atoms with Gasteiger partial charge in [0.1, 0.15) is 6.04 Å². The van der Waals surface area contributed by atoms with Crippen molar-refractivity contribution >= 4 is 5.97 Å². The van der Waals surface area contributed by atoms with Crippen molar-refractivity contribution in [1.82, 2.24) is 5.32 Å². The Kier molecular flexibility index (Phi) is 5.15. The summed E-state index contributed by atoms with van der Waals surface area (Å²) in [6.07, 6.45) is 0.919. The second-order valence-electron chi connectivity index (χ2n) is 5.32. The smallest absolute Gasteiger partial charge is 0.323 e. The number of hydrogen-bond donors (Lipinski definition) is 1. The SMILES string of the molecule is CCC(C)C(NC1COCc2ccccc21)C(=O)OC. The van der Waals surface area contributed by atoms with Crippen molar-refractivity contribution in [2.24, 2.45) is 5.92 Å². The molecule has 0 aliphatic carbocycles. The molecule has 1 heterocycles. The molecule has 0 fully saturated rings. The van der Waals surface area contributed by atoms with Crippen LogP contribution in [0.4, 0.5) is 0 Å². The lowest BCUT2D eigenvalue weighted by atomic mass is 9.94. The van der Waals surface area contributed by atoms with Crippen LogP contribution in [0.5, 0.6) is 0 Å². The number of carbonyl (C=O) groups excluding carboxylic acids is 1. The zero-order valence-corrected chi connectivity index (χ0v) is 12.4. The molecule has 20 heavy (non-hydrogen) atoms. The van der Waals surface area contributed by atoms with Crippen molar-refractivity contribution in [2.75, 3.05) is 13.7 Å². The minimum Gasteiger partial charge on any atom is -0.468 e. The van der Waals surface area contributed by atoms with E-state index in [1.807, 2.05) is 12.1 Å². The molecule has 1 aromatic rings. The molecule has 1 N–H and O–H groups in total. The molecule has 0 aromatic heterocycles. The van der Waals surface area contributed by atoms with Crippen molar-refractivity contribution in [3.63, 3.8) is 0 Å². The number of benzene rings is 1. The van der Waals surface area contributed by atoms with Gasteiger partial charge in [0.15, 0.2) is 0 Å². The van der Waals surface area contributed by atoms with Crippen LogP contribution in [-0.4, -0.2) is 25.7 Å². The van der Waals surface area contributed by atoms with Crippen LogP contribution >= 0.6 is 0 Å². The standard InChI is InChI=1S/C16H23NO3/c1-4-11(2)15(16(18)19-3)17-14-10-20-9-12-7-5-6-8-13(12)14/h5-8,11,14-15,17H,4,9-10H2,1-3H3. The van der Waals surface area contributed by atoms with E-state index in [-0.39, 0.29) is 24.0 Å². The molecule has 2 rings (SSSR count). The monoisotopic (exact) mass is 277 g/mol. The van der Waals surface area contributed by atoms with E-state index in [9.17, 15) is 4.79 Å². The van der Waals surface area contributed by atoms with E-state index in [0.29, 0.717) is 13.2 Å². The molecule has 110 valence electrons. The van der Waals surface area contributed by atoms with Crippen molar-refractivity contribution in [2.45, 2.75) is 39.0 Å². The van der Waals surface area contributed by atoms with Gasteiger partial charge in [-0.05, 0) is 17.0 Å². The van der Waals surface area contributed by atoms with Gasteiger partial charge in [-0.2, -0.15) is 0 Å². The Balaban J connectivity index is 2.17. The van der Waals surface area contributed by atoms with E-state index in [4.69, 9.17) is 9.47 Å². The van der Waals surface area contributed by atoms with Gasteiger partial charge in [0.2, 0.25) is 0 Å². The van der Waals surface area contributed by atoms with Gasteiger partial charge < -0.3 is 9.47 Å². The number of esters is 1. The van der Waals surface area contributed by atoms with Gasteiger partial charge in [0, 0.05) is 0 Å². The van der Waals surface area contributed by atoms with Gasteiger partial charge in [-0.25, -0.2) is 0 Å². The number of rotatable bonds is 5. The molecule has 0 spiro atoms. The van der Waals surface area contributed by atoms with Crippen LogP contribution < -0.4 is 5.32 Å². The number of nitrogens with one attached hydrogen (secondary N) is 1. The molecule has 0 amide bonds. The molecule has 0 saturated heterocycles. The van der Waals surface area contributed by atoms with Crippen LogP contribution in [0.3, 0.4) is 0 Å². The maximum atomic E-state index is 12.0. The number of fused-ring (bicyclic) bond motifs is 1. The lowest BCUT2D eigenvalue weighted by Gasteiger charge is -2.31. The first-order valence-corrected chi connectivity index (χ1v) is 7.16. The molecule has 0 radical (unpaired) electrons. The van der Waals surface area contributed by atoms with Gasteiger partial charge in [-0.15, -0.1) is 0 Å². The predicted octanol–water partition coefficient (Wildman–Crippen LogP) is 2.44. The summed E-state index contributed by atoms with van der Waals surface area (Å²) < 4.78 is 10.5. The van der Waals surface area contributed by atoms with Gasteiger partial charge in [-0.3, -0.25) is 10.1 Å². The normalized spacial score (nSPS) is 20.9. The highest BCUT2D eigenvalue weighted by Gasteiger charge is 2.30. The Bertz CT molecular complexity index is 461. The number of carbonyl (C=O) groups is 1. The van der Waals surface area contributed by atoms with Crippen LogP contribution in [0.1, 0.15) is 37.4 Å². The van der Waals surface area contributed by atoms with Gasteiger partial charge in [0.05, 0.1) is 26.4 Å². The van der Waals surface area contributed by atoms with E-state index in [2.05, 4.69) is 31.3 Å². The van der Waals surface area contributed by atoms with Crippen molar-refractivity contribution in [3.05, 3.63) is 35.4 Å². The van der Waals surface area contributed by atoms with Gasteiger partial charge >= 0.3 is 5.97 Å². The summed E-state index contributed by atoms with van der Waals surface area (Å²) >= 11 is 0. The summed E-state index contributed by atoms with van der Waals surface area (Å²) in [6.45, 7) is 5.36. The highest BCUT2D eigenvalue weighted by Crippen LogP contribution is 2.26. The van der Waals surface area contributed by atoms with Crippen LogP contribution in [0.15, 0.2) is 24.3 Å². The van der Waals surface area contributed by atoms with E-state index in [1.54, 1.807) is 0 Å². The van der Waals surface area contributed by atoms with Crippen LogP contribution in [0.25, 0.3) is 0 Å². The topological polar surface area (TPSA) is 47.6 Å². The third-order valence-electron chi connectivity index (χ3n) is 4.02. The first kappa shape index (κ1) is 15.0. The maximum Gasteiger partial charge on any atom is 0.323 e. The third kappa shape index (κ3) is 3.19. The molecule has 1 aromatic carbocycles. The van der Waals surface area contributed by atoms with Gasteiger partial charge in [-0.1, -0.05) is 44.5 Å². The molecule has 0 saturated carbocycles. The number of ether oxygens (including phenoxy) is 2. The van der Waals surface area contributed by atoms with E-state index >= 15 is 0 Å². The summed E-state index contributed by atoms with van der Waals surface area (Å²) in [5.74, 6) is 0.0129. The average Bonchev–Trinajstić information content (AvgIpc) is 2.51. The molecular weight excluding hydrogens is 254 g/mol. The lowest BCUT2D eigenvalue weighted by Crippen LogP contribution is -2.46. The second-order valence-corrected chi connectivity index (χ2v) is 5.32. The summed E-state index contributed by atoms with van der Waals surface area (Å²) in [4.78, 5) is 12.0. The second kappa shape index (κ2) is 6.86. The van der Waals surface area contributed by atoms with Crippen molar-refractivity contribution < 1.29 is 14.3 Å². The largest absolute Gasteiger partial charge is 0.468 e. The first-order valence-electron chi connectivity index (χ1n) is 7.16. The summed E-state index contributed by atoms with van der Waals surface area (Å²) in [6, 6.07) is 7.94. The highest BCUT2D eigenvalue weighted by atomic mass is 16.5. The highest BCUT2D eigenvalue weighted by molar-refractivity contribution is 5.76. The molecule has 0 bridgehead atoms. The quantitative estimate of drug-likeness (QED) is 0.840. The molecule has 4 nitrogen and oxygen atoms in total. The summed E-state index contributed by atoms with van der Waals surface area (Å²) in [5.41, 5.74) is 2.40. The van der Waals surface area contributed by atoms with Crippen molar-refractivity contribution in [3.8, 4) is 0 Å². The van der Waals surface area contributed by atoms with Gasteiger partial charge in [0.25, 0.3) is 0 Å². The Morgan fingerprint density at radius 2 is 2.25 bits per heavy atom. The fourth-order valence-electron chi connectivity index (χ4n) is 2.56. The Morgan fingerprint density at radius 3 is 2.95 bits per heavy atom. The molecular formula is C16H23NO3. The molecule has 1 aliphatic rings. The minimum atomic E-state index is -0.301. The fourth-order valence-corrected chi connectivity index (χ4v) is 2.56. The number of methoxy groups -OCH3 is 1. The van der Waals surface area contributed by atoms with Crippen LogP contribution in [-0.2, 0) is 20.9 Å². The van der Waals surface area contributed by atoms with Crippen LogP contribution in [0, 0.1) is 5.92 Å². The molecule has 3 atom stereocenters. The van der Waals surface area contributed by atoms with Crippen LogP contribution in [0.2, 0.25) is 0 Å². The zero-order valence-electron chi connectivity index (χ0n) is 12.4. The maximum absolute atomic E-state index is 12.0. The summed E-state index contributed by atoms with van der Waals surface area (Å²) in [5, 5.41) is 3.41. The molecule has 4 heteroatoms. The predicted molar refractivity (Wildman–Crippen MR) is 77.2 cm³/mol. The minimum absolute atomic E-state index is 0.0399. The molecule has 1 aliphatic heterocycles.